The Morgan fingerprint density at radius 3 is 2.77 bits per heavy atom. The van der Waals surface area contributed by atoms with E-state index in [-0.39, 0.29) is 5.75 Å². The minimum Gasteiger partial charge on any atom is -0.340 e. The Bertz CT molecular complexity index is 1200. The first-order valence-electron chi connectivity index (χ1n) is 8.14. The molecule has 0 amide bonds. The molecule has 0 aliphatic rings. The Morgan fingerprint density at radius 1 is 1.04 bits per heavy atom. The van der Waals surface area contributed by atoms with Gasteiger partial charge in [-0.25, -0.2) is 23.4 Å². The van der Waals surface area contributed by atoms with Crippen molar-refractivity contribution in [1.29, 1.82) is 0 Å². The van der Waals surface area contributed by atoms with Crippen molar-refractivity contribution in [1.82, 2.24) is 15.0 Å². The van der Waals surface area contributed by atoms with E-state index < -0.39 is 9.84 Å². The van der Waals surface area contributed by atoms with Crippen LogP contribution < -0.4 is 5.32 Å². The van der Waals surface area contributed by atoms with Gasteiger partial charge in [0.1, 0.15) is 12.1 Å². The maximum absolute atomic E-state index is 12.4. The normalized spacial score (nSPS) is 11.9. The average molecular weight is 384 g/mol. The fourth-order valence-electron chi connectivity index (χ4n) is 2.79. The lowest BCUT2D eigenvalue weighted by molar-refractivity contribution is 0.595. The standard InChI is InChI=1S/C18H16N4O2S2/c1-2-7-26(23,24)13-4-5-15-14(9-13)18(20-10-19-15)22-12-3-6-17-16(8-12)21-11-25-17/h3-6,8-11H,2,7H2,1H3,(H,19,20,22). The largest absolute Gasteiger partial charge is 0.340 e. The van der Waals surface area contributed by atoms with Crippen LogP contribution in [0.2, 0.25) is 0 Å². The minimum atomic E-state index is -3.30. The number of hydrogen-bond donors (Lipinski definition) is 1. The monoisotopic (exact) mass is 384 g/mol. The number of fused-ring (bicyclic) bond motifs is 2. The average Bonchev–Trinajstić information content (AvgIpc) is 3.09. The fraction of sp³-hybridized carbons (Fsp3) is 0.167. The molecule has 0 aliphatic carbocycles. The molecule has 0 fully saturated rings. The molecule has 6 nitrogen and oxygen atoms in total. The number of thiazole rings is 1. The van der Waals surface area contributed by atoms with Gasteiger partial charge in [-0.15, -0.1) is 11.3 Å². The summed E-state index contributed by atoms with van der Waals surface area (Å²) in [7, 11) is -3.30. The molecular weight excluding hydrogens is 368 g/mol. The Labute approximate surface area is 154 Å². The van der Waals surface area contributed by atoms with E-state index >= 15 is 0 Å². The van der Waals surface area contributed by atoms with Gasteiger partial charge in [-0.1, -0.05) is 6.92 Å². The van der Waals surface area contributed by atoms with Crippen LogP contribution in [0.4, 0.5) is 11.5 Å². The summed E-state index contributed by atoms with van der Waals surface area (Å²) >= 11 is 1.58. The molecule has 132 valence electrons. The first-order valence-corrected chi connectivity index (χ1v) is 10.7. The van der Waals surface area contributed by atoms with Crippen molar-refractivity contribution in [2.45, 2.75) is 18.2 Å². The van der Waals surface area contributed by atoms with Crippen molar-refractivity contribution >= 4 is 53.8 Å². The summed E-state index contributed by atoms with van der Waals surface area (Å²) in [6, 6.07) is 10.9. The molecule has 0 radical (unpaired) electrons. The summed E-state index contributed by atoms with van der Waals surface area (Å²) in [6.07, 6.45) is 2.04. The summed E-state index contributed by atoms with van der Waals surface area (Å²) in [4.78, 5) is 13.1. The van der Waals surface area contributed by atoms with Gasteiger partial charge >= 0.3 is 0 Å². The first kappa shape index (κ1) is 16.9. The molecule has 0 saturated carbocycles. The highest BCUT2D eigenvalue weighted by Gasteiger charge is 2.15. The van der Waals surface area contributed by atoms with Gasteiger partial charge in [-0.2, -0.15) is 0 Å². The predicted molar refractivity (Wildman–Crippen MR) is 105 cm³/mol. The van der Waals surface area contributed by atoms with Gasteiger partial charge in [0.25, 0.3) is 0 Å². The van der Waals surface area contributed by atoms with Crippen molar-refractivity contribution in [2.75, 3.05) is 11.1 Å². The molecule has 0 spiro atoms. The van der Waals surface area contributed by atoms with Crippen LogP contribution in [0.25, 0.3) is 21.1 Å². The van der Waals surface area contributed by atoms with Gasteiger partial charge < -0.3 is 5.32 Å². The zero-order valence-corrected chi connectivity index (χ0v) is 15.6. The summed E-state index contributed by atoms with van der Waals surface area (Å²) in [6.45, 7) is 1.85. The molecule has 0 bridgehead atoms. The number of hydrogen-bond acceptors (Lipinski definition) is 7. The van der Waals surface area contributed by atoms with Gasteiger partial charge in [0.05, 0.1) is 31.9 Å². The van der Waals surface area contributed by atoms with Crippen LogP contribution in [0.3, 0.4) is 0 Å². The highest BCUT2D eigenvalue weighted by Crippen LogP contribution is 2.28. The Morgan fingerprint density at radius 2 is 1.92 bits per heavy atom. The van der Waals surface area contributed by atoms with Gasteiger partial charge in [0.2, 0.25) is 0 Å². The molecule has 4 aromatic rings. The zero-order valence-electron chi connectivity index (χ0n) is 14.0. The first-order chi connectivity index (χ1) is 12.6. The molecule has 4 rings (SSSR count). The highest BCUT2D eigenvalue weighted by atomic mass is 32.2. The van der Waals surface area contributed by atoms with Gasteiger partial charge in [-0.05, 0) is 42.8 Å². The number of sulfone groups is 1. The third-order valence-corrected chi connectivity index (χ3v) is 6.76. The second-order valence-corrected chi connectivity index (χ2v) is 8.88. The molecule has 0 atom stereocenters. The van der Waals surface area contributed by atoms with Crippen LogP contribution in [0.5, 0.6) is 0 Å². The van der Waals surface area contributed by atoms with Crippen molar-refractivity contribution < 1.29 is 8.42 Å². The smallest absolute Gasteiger partial charge is 0.178 e. The molecular formula is C18H16N4O2S2. The Hall–Kier alpha value is -2.58. The third kappa shape index (κ3) is 3.13. The van der Waals surface area contributed by atoms with E-state index in [1.807, 2.05) is 25.1 Å². The van der Waals surface area contributed by atoms with Crippen molar-refractivity contribution in [2.24, 2.45) is 0 Å². The maximum atomic E-state index is 12.4. The van der Waals surface area contributed by atoms with Crippen LogP contribution in [-0.2, 0) is 9.84 Å². The summed E-state index contributed by atoms with van der Waals surface area (Å²) in [5, 5.41) is 3.93. The Kier molecular flexibility index (Phi) is 4.29. The molecule has 1 N–H and O–H groups in total. The van der Waals surface area contributed by atoms with Crippen molar-refractivity contribution in [3.8, 4) is 0 Å². The topological polar surface area (TPSA) is 84.8 Å². The number of nitrogens with zero attached hydrogens (tertiary/aromatic N) is 3. The Balaban J connectivity index is 1.78. The van der Waals surface area contributed by atoms with Gasteiger partial charge in [-0.3, -0.25) is 0 Å². The van der Waals surface area contributed by atoms with E-state index in [1.165, 1.54) is 6.33 Å². The zero-order chi connectivity index (χ0) is 18.1. The molecule has 26 heavy (non-hydrogen) atoms. The lowest BCUT2D eigenvalue weighted by atomic mass is 10.2. The van der Waals surface area contributed by atoms with Gasteiger partial charge in [0.15, 0.2) is 9.84 Å². The number of rotatable bonds is 5. The lowest BCUT2D eigenvalue weighted by Gasteiger charge is -2.10. The predicted octanol–water partition coefficient (Wildman–Crippen LogP) is 4.17. The van der Waals surface area contributed by atoms with Crippen LogP contribution in [-0.4, -0.2) is 29.1 Å². The number of nitrogens with one attached hydrogen (secondary N) is 1. The van der Waals surface area contributed by atoms with Crippen LogP contribution in [0.15, 0.2) is 53.1 Å². The van der Waals surface area contributed by atoms with E-state index in [4.69, 9.17) is 0 Å². The van der Waals surface area contributed by atoms with E-state index in [0.29, 0.717) is 28.0 Å². The molecule has 0 saturated heterocycles. The van der Waals surface area contributed by atoms with Gasteiger partial charge in [0, 0.05) is 11.1 Å². The van der Waals surface area contributed by atoms with E-state index in [0.717, 1.165) is 15.9 Å². The second kappa shape index (κ2) is 6.62. The molecule has 8 heteroatoms. The van der Waals surface area contributed by atoms with Crippen LogP contribution in [0.1, 0.15) is 13.3 Å². The number of aromatic nitrogens is 3. The number of benzene rings is 2. The fourth-order valence-corrected chi connectivity index (χ4v) is 4.79. The lowest BCUT2D eigenvalue weighted by Crippen LogP contribution is -2.06. The molecule has 0 aliphatic heterocycles. The van der Waals surface area contributed by atoms with E-state index in [2.05, 4.69) is 20.3 Å². The van der Waals surface area contributed by atoms with Crippen molar-refractivity contribution in [3.05, 3.63) is 48.2 Å². The second-order valence-electron chi connectivity index (χ2n) is 5.88. The minimum absolute atomic E-state index is 0.120. The van der Waals surface area contributed by atoms with Crippen LogP contribution >= 0.6 is 11.3 Å². The highest BCUT2D eigenvalue weighted by molar-refractivity contribution is 7.91. The molecule has 2 aromatic heterocycles. The maximum Gasteiger partial charge on any atom is 0.178 e. The number of anilines is 2. The van der Waals surface area contributed by atoms with Crippen LogP contribution in [0, 0.1) is 0 Å². The summed E-state index contributed by atoms with van der Waals surface area (Å²) in [5.74, 6) is 0.688. The molecule has 2 heterocycles. The third-order valence-electron chi connectivity index (χ3n) is 4.03. The summed E-state index contributed by atoms with van der Waals surface area (Å²) in [5.41, 5.74) is 4.24. The SMILES string of the molecule is CCCS(=O)(=O)c1ccc2ncnc(Nc3ccc4scnc4c3)c2c1. The molecule has 2 aromatic carbocycles. The van der Waals surface area contributed by atoms with Crippen molar-refractivity contribution in [3.63, 3.8) is 0 Å². The molecule has 0 unspecified atom stereocenters. The summed E-state index contributed by atoms with van der Waals surface area (Å²) < 4.78 is 25.9. The van der Waals surface area contributed by atoms with E-state index in [1.54, 1.807) is 35.0 Å². The van der Waals surface area contributed by atoms with E-state index in [9.17, 15) is 8.42 Å². The quantitative estimate of drug-likeness (QED) is 0.556.